The first-order valence-electron chi connectivity index (χ1n) is 5.37. The van der Waals surface area contributed by atoms with Crippen LogP contribution in [-0.2, 0) is 0 Å². The highest BCUT2D eigenvalue weighted by Gasteiger charge is 2.26. The molecule has 0 aliphatic carbocycles. The zero-order chi connectivity index (χ0) is 12.3. The SMILES string of the molecule is O=C(Nc1ccc(Cl)cc1)N[C@@H]1CNC[C@H]1O. The van der Waals surface area contributed by atoms with Crippen LogP contribution in [0.15, 0.2) is 24.3 Å². The van der Waals surface area contributed by atoms with Crippen molar-refractivity contribution in [2.24, 2.45) is 0 Å². The van der Waals surface area contributed by atoms with E-state index in [2.05, 4.69) is 16.0 Å². The van der Waals surface area contributed by atoms with Gasteiger partial charge in [0.05, 0.1) is 12.1 Å². The Morgan fingerprint density at radius 2 is 2.06 bits per heavy atom. The minimum atomic E-state index is -0.536. The van der Waals surface area contributed by atoms with Crippen molar-refractivity contribution in [2.45, 2.75) is 12.1 Å². The molecule has 1 aromatic carbocycles. The Kier molecular flexibility index (Phi) is 3.83. The number of rotatable bonds is 2. The Morgan fingerprint density at radius 1 is 1.35 bits per heavy atom. The second kappa shape index (κ2) is 5.35. The van der Waals surface area contributed by atoms with Gasteiger partial charge in [-0.25, -0.2) is 4.79 Å². The van der Waals surface area contributed by atoms with Crippen LogP contribution in [0.25, 0.3) is 0 Å². The molecule has 2 amide bonds. The number of carbonyl (C=O) groups is 1. The summed E-state index contributed by atoms with van der Waals surface area (Å²) in [5, 5.41) is 18.5. The molecule has 0 radical (unpaired) electrons. The van der Waals surface area contributed by atoms with Crippen LogP contribution in [0.5, 0.6) is 0 Å². The Bertz CT molecular complexity index is 396. The second-order valence-corrected chi connectivity index (χ2v) is 4.37. The summed E-state index contributed by atoms with van der Waals surface area (Å²) < 4.78 is 0. The summed E-state index contributed by atoms with van der Waals surface area (Å²) >= 11 is 5.74. The molecule has 1 fully saturated rings. The van der Waals surface area contributed by atoms with E-state index in [1.807, 2.05) is 0 Å². The molecular weight excluding hydrogens is 242 g/mol. The van der Waals surface area contributed by atoms with E-state index in [1.165, 1.54) is 0 Å². The number of hydrogen-bond acceptors (Lipinski definition) is 3. The van der Waals surface area contributed by atoms with E-state index in [9.17, 15) is 9.90 Å². The van der Waals surface area contributed by atoms with Gasteiger partial charge in [0.15, 0.2) is 0 Å². The highest BCUT2D eigenvalue weighted by atomic mass is 35.5. The molecule has 0 aromatic heterocycles. The number of benzene rings is 1. The molecule has 4 N–H and O–H groups in total. The standard InChI is InChI=1S/C11H14ClN3O2/c12-7-1-3-8(4-2-7)14-11(17)15-9-5-13-6-10(9)16/h1-4,9-10,13,16H,5-6H2,(H2,14,15,17)/t9-,10-/m1/s1. The van der Waals surface area contributed by atoms with Crippen LogP contribution in [0.4, 0.5) is 10.5 Å². The number of aliphatic hydroxyl groups is 1. The zero-order valence-corrected chi connectivity index (χ0v) is 9.87. The monoisotopic (exact) mass is 255 g/mol. The molecule has 1 aliphatic heterocycles. The van der Waals surface area contributed by atoms with Crippen LogP contribution < -0.4 is 16.0 Å². The Hall–Kier alpha value is -1.30. The van der Waals surface area contributed by atoms with Gasteiger partial charge in [-0.1, -0.05) is 11.6 Å². The summed E-state index contributed by atoms with van der Waals surface area (Å²) in [6, 6.07) is 6.24. The molecule has 6 heteroatoms. The minimum absolute atomic E-state index is 0.248. The lowest BCUT2D eigenvalue weighted by molar-refractivity contribution is 0.164. The van der Waals surface area contributed by atoms with Gasteiger partial charge in [-0.15, -0.1) is 0 Å². The molecule has 0 unspecified atom stereocenters. The van der Waals surface area contributed by atoms with Crippen molar-refractivity contribution >= 4 is 23.3 Å². The minimum Gasteiger partial charge on any atom is -0.390 e. The number of nitrogens with one attached hydrogen (secondary N) is 3. The molecule has 2 atom stereocenters. The van der Waals surface area contributed by atoms with Gasteiger partial charge in [0, 0.05) is 23.8 Å². The number of urea groups is 1. The normalized spacial score (nSPS) is 23.4. The van der Waals surface area contributed by atoms with Gasteiger partial charge in [0.25, 0.3) is 0 Å². The van der Waals surface area contributed by atoms with Crippen molar-refractivity contribution < 1.29 is 9.90 Å². The van der Waals surface area contributed by atoms with E-state index in [4.69, 9.17) is 11.6 Å². The third kappa shape index (κ3) is 3.33. The van der Waals surface area contributed by atoms with Gasteiger partial charge in [0.1, 0.15) is 0 Å². The lowest BCUT2D eigenvalue weighted by Crippen LogP contribution is -2.44. The molecule has 0 bridgehead atoms. The molecule has 1 aromatic rings. The van der Waals surface area contributed by atoms with Gasteiger partial charge in [0.2, 0.25) is 0 Å². The van der Waals surface area contributed by atoms with E-state index in [-0.39, 0.29) is 12.1 Å². The van der Waals surface area contributed by atoms with Crippen molar-refractivity contribution in [3.05, 3.63) is 29.3 Å². The van der Waals surface area contributed by atoms with E-state index in [1.54, 1.807) is 24.3 Å². The zero-order valence-electron chi connectivity index (χ0n) is 9.11. The van der Waals surface area contributed by atoms with Crippen LogP contribution in [0.3, 0.4) is 0 Å². The molecular formula is C11H14ClN3O2. The predicted octanol–water partition coefficient (Wildman–Crippen LogP) is 0.794. The molecule has 1 aliphatic rings. The Labute approximate surface area is 104 Å². The van der Waals surface area contributed by atoms with Gasteiger partial charge >= 0.3 is 6.03 Å². The highest BCUT2D eigenvalue weighted by Crippen LogP contribution is 2.13. The van der Waals surface area contributed by atoms with Gasteiger partial charge in [-0.2, -0.15) is 0 Å². The molecule has 1 heterocycles. The number of aliphatic hydroxyl groups excluding tert-OH is 1. The van der Waals surface area contributed by atoms with Gasteiger partial charge < -0.3 is 21.1 Å². The molecule has 0 spiro atoms. The summed E-state index contributed by atoms with van der Waals surface area (Å²) in [6.45, 7) is 1.08. The van der Waals surface area contributed by atoms with Crippen LogP contribution >= 0.6 is 11.6 Å². The highest BCUT2D eigenvalue weighted by molar-refractivity contribution is 6.30. The predicted molar refractivity (Wildman–Crippen MR) is 66.3 cm³/mol. The fourth-order valence-electron chi connectivity index (χ4n) is 1.68. The van der Waals surface area contributed by atoms with E-state index in [0.717, 1.165) is 0 Å². The topological polar surface area (TPSA) is 73.4 Å². The maximum Gasteiger partial charge on any atom is 0.319 e. The Morgan fingerprint density at radius 3 is 2.65 bits per heavy atom. The third-order valence-corrected chi connectivity index (χ3v) is 2.85. The summed E-state index contributed by atoms with van der Waals surface area (Å²) in [5.74, 6) is 0. The lowest BCUT2D eigenvalue weighted by Gasteiger charge is -2.15. The van der Waals surface area contributed by atoms with Crippen LogP contribution in [0, 0.1) is 0 Å². The fraction of sp³-hybridized carbons (Fsp3) is 0.364. The molecule has 1 saturated heterocycles. The summed E-state index contributed by atoms with van der Waals surface area (Å²) in [6.07, 6.45) is -0.536. The number of anilines is 1. The molecule has 0 saturated carbocycles. The van der Waals surface area contributed by atoms with E-state index >= 15 is 0 Å². The van der Waals surface area contributed by atoms with Gasteiger partial charge in [-0.3, -0.25) is 0 Å². The van der Waals surface area contributed by atoms with Crippen molar-refractivity contribution in [2.75, 3.05) is 18.4 Å². The lowest BCUT2D eigenvalue weighted by atomic mass is 10.2. The Balaban J connectivity index is 1.86. The number of hydrogen-bond donors (Lipinski definition) is 4. The number of β-amino-alcohol motifs (C(OH)–C–C–N with tert-alkyl or cyclic N) is 1. The number of amides is 2. The molecule has 17 heavy (non-hydrogen) atoms. The van der Waals surface area contributed by atoms with Gasteiger partial charge in [-0.05, 0) is 24.3 Å². The first-order chi connectivity index (χ1) is 8.15. The average Bonchev–Trinajstić information content (AvgIpc) is 2.68. The quantitative estimate of drug-likeness (QED) is 0.632. The van der Waals surface area contributed by atoms with E-state index < -0.39 is 6.10 Å². The maximum atomic E-state index is 11.6. The number of halogens is 1. The van der Waals surface area contributed by atoms with Crippen molar-refractivity contribution in [3.8, 4) is 0 Å². The number of carbonyl (C=O) groups excluding carboxylic acids is 1. The summed E-state index contributed by atoms with van der Waals surface area (Å²) in [5.41, 5.74) is 0.660. The molecule has 92 valence electrons. The first kappa shape index (κ1) is 12.2. The largest absolute Gasteiger partial charge is 0.390 e. The maximum absolute atomic E-state index is 11.6. The van der Waals surface area contributed by atoms with Crippen molar-refractivity contribution in [3.63, 3.8) is 0 Å². The average molecular weight is 256 g/mol. The fourth-order valence-corrected chi connectivity index (χ4v) is 1.81. The van der Waals surface area contributed by atoms with Crippen LogP contribution in [0.2, 0.25) is 5.02 Å². The smallest absolute Gasteiger partial charge is 0.319 e. The second-order valence-electron chi connectivity index (χ2n) is 3.94. The first-order valence-corrected chi connectivity index (χ1v) is 5.75. The third-order valence-electron chi connectivity index (χ3n) is 2.60. The molecule has 2 rings (SSSR count). The molecule has 5 nitrogen and oxygen atoms in total. The summed E-state index contributed by atoms with van der Waals surface area (Å²) in [4.78, 5) is 11.6. The van der Waals surface area contributed by atoms with E-state index in [0.29, 0.717) is 23.8 Å². The van der Waals surface area contributed by atoms with Crippen LogP contribution in [0.1, 0.15) is 0 Å². The summed E-state index contributed by atoms with van der Waals surface area (Å²) in [7, 11) is 0. The van der Waals surface area contributed by atoms with Crippen LogP contribution in [-0.4, -0.2) is 36.4 Å². The van der Waals surface area contributed by atoms with Crippen molar-refractivity contribution in [1.29, 1.82) is 0 Å². The van der Waals surface area contributed by atoms with Crippen molar-refractivity contribution in [1.82, 2.24) is 10.6 Å².